The second-order valence-corrected chi connectivity index (χ2v) is 10.2. The van der Waals surface area contributed by atoms with Crippen LogP contribution >= 0.6 is 0 Å². The Morgan fingerprint density at radius 3 is 2.67 bits per heavy atom. The molecule has 4 rings (SSSR count). The van der Waals surface area contributed by atoms with Gasteiger partial charge in [-0.25, -0.2) is 0 Å². The molecule has 0 aromatic carbocycles. The lowest BCUT2D eigenvalue weighted by atomic mass is 9.48. The van der Waals surface area contributed by atoms with Crippen LogP contribution in [-0.2, 0) is 19.1 Å². The van der Waals surface area contributed by atoms with Gasteiger partial charge in [-0.2, -0.15) is 0 Å². The second kappa shape index (κ2) is 7.30. The summed E-state index contributed by atoms with van der Waals surface area (Å²) in [5.41, 5.74) is 1.87. The Labute approximate surface area is 178 Å². The van der Waals surface area contributed by atoms with Gasteiger partial charge in [0, 0.05) is 24.9 Å². The number of carbonyl (C=O) groups is 3. The SMILES string of the molecule is CC(=O)OCC(=O)[C@H]1[C@H](CO)C[C@H]2[C@@H]3C=C(C)C4=CC(=O)C=C[C@]4(C)[C@H]3CC[C@@]21C. The molecule has 2 fully saturated rings. The van der Waals surface area contributed by atoms with E-state index in [0.29, 0.717) is 11.8 Å². The second-order valence-electron chi connectivity index (χ2n) is 10.2. The van der Waals surface area contributed by atoms with Crippen molar-refractivity contribution in [1.29, 1.82) is 0 Å². The van der Waals surface area contributed by atoms with Crippen molar-refractivity contribution < 1.29 is 24.2 Å². The summed E-state index contributed by atoms with van der Waals surface area (Å²) in [6.07, 6.45) is 10.5. The number of Topliss-reactive ketones (excluding diaryl/α,β-unsaturated/α-hetero) is 1. The Hall–Kier alpha value is -2.01. The molecule has 5 nitrogen and oxygen atoms in total. The van der Waals surface area contributed by atoms with Gasteiger partial charge in [-0.1, -0.05) is 31.6 Å². The Morgan fingerprint density at radius 2 is 2.00 bits per heavy atom. The molecule has 0 aliphatic heterocycles. The number of esters is 1. The largest absolute Gasteiger partial charge is 0.458 e. The number of fused-ring (bicyclic) bond motifs is 5. The van der Waals surface area contributed by atoms with Crippen molar-refractivity contribution in [2.75, 3.05) is 13.2 Å². The highest BCUT2D eigenvalue weighted by molar-refractivity contribution is 6.02. The van der Waals surface area contributed by atoms with Crippen LogP contribution in [0.2, 0.25) is 0 Å². The summed E-state index contributed by atoms with van der Waals surface area (Å²) in [5.74, 6) is 0.0632. The molecule has 2 saturated carbocycles. The van der Waals surface area contributed by atoms with Crippen molar-refractivity contribution >= 4 is 17.5 Å². The van der Waals surface area contributed by atoms with Gasteiger partial charge in [-0.15, -0.1) is 0 Å². The molecule has 0 heterocycles. The normalized spacial score (nSPS) is 41.9. The predicted octanol–water partition coefficient (Wildman–Crippen LogP) is 3.43. The lowest BCUT2D eigenvalue weighted by Gasteiger charge is -2.55. The van der Waals surface area contributed by atoms with E-state index in [2.05, 4.69) is 32.9 Å². The van der Waals surface area contributed by atoms with Crippen LogP contribution in [0.3, 0.4) is 0 Å². The summed E-state index contributed by atoms with van der Waals surface area (Å²) < 4.78 is 5.02. The molecule has 4 aliphatic carbocycles. The Morgan fingerprint density at radius 1 is 1.27 bits per heavy atom. The zero-order chi connectivity index (χ0) is 21.8. The number of allylic oxidation sites excluding steroid dienone is 6. The van der Waals surface area contributed by atoms with Crippen molar-refractivity contribution in [3.63, 3.8) is 0 Å². The van der Waals surface area contributed by atoms with Crippen LogP contribution in [0.15, 0.2) is 35.5 Å². The van der Waals surface area contributed by atoms with Gasteiger partial charge < -0.3 is 9.84 Å². The van der Waals surface area contributed by atoms with E-state index < -0.39 is 5.97 Å². The third-order valence-electron chi connectivity index (χ3n) is 8.61. The smallest absolute Gasteiger partial charge is 0.303 e. The molecule has 0 unspecified atom stereocenters. The van der Waals surface area contributed by atoms with Crippen LogP contribution in [0.5, 0.6) is 0 Å². The molecule has 1 N–H and O–H groups in total. The van der Waals surface area contributed by atoms with E-state index in [-0.39, 0.29) is 53.4 Å². The van der Waals surface area contributed by atoms with Crippen LogP contribution in [0.1, 0.15) is 47.0 Å². The van der Waals surface area contributed by atoms with Crippen molar-refractivity contribution in [3.8, 4) is 0 Å². The van der Waals surface area contributed by atoms with Gasteiger partial charge in [-0.3, -0.25) is 14.4 Å². The van der Waals surface area contributed by atoms with E-state index in [4.69, 9.17) is 4.74 Å². The van der Waals surface area contributed by atoms with Crippen LogP contribution in [0, 0.1) is 40.4 Å². The third-order valence-corrected chi connectivity index (χ3v) is 8.61. The molecule has 0 radical (unpaired) electrons. The van der Waals surface area contributed by atoms with Crippen molar-refractivity contribution in [2.45, 2.75) is 47.0 Å². The molecule has 7 atom stereocenters. The molecule has 0 saturated heterocycles. The minimum atomic E-state index is -0.455. The predicted molar refractivity (Wildman–Crippen MR) is 112 cm³/mol. The number of aliphatic hydroxyl groups is 1. The zero-order valence-corrected chi connectivity index (χ0v) is 18.3. The molecule has 162 valence electrons. The van der Waals surface area contributed by atoms with Gasteiger partial charge >= 0.3 is 5.97 Å². The fraction of sp³-hybridized carbons (Fsp3) is 0.640. The average molecular weight is 413 g/mol. The van der Waals surface area contributed by atoms with Gasteiger partial charge in [0.05, 0.1) is 0 Å². The monoisotopic (exact) mass is 412 g/mol. The maximum absolute atomic E-state index is 13.1. The minimum absolute atomic E-state index is 0.0283. The number of ether oxygens (including phenoxy) is 1. The molecule has 0 amide bonds. The van der Waals surface area contributed by atoms with Crippen LogP contribution in [0.25, 0.3) is 0 Å². The van der Waals surface area contributed by atoms with E-state index >= 15 is 0 Å². The third kappa shape index (κ3) is 3.05. The Balaban J connectivity index is 1.70. The number of rotatable bonds is 4. The molecule has 0 bridgehead atoms. The lowest BCUT2D eigenvalue weighted by Crippen LogP contribution is -2.50. The first-order chi connectivity index (χ1) is 14.1. The van der Waals surface area contributed by atoms with Crippen molar-refractivity contribution in [3.05, 3.63) is 35.5 Å². The highest BCUT2D eigenvalue weighted by Gasteiger charge is 2.62. The highest BCUT2D eigenvalue weighted by atomic mass is 16.5. The molecule has 0 aromatic rings. The number of aliphatic hydroxyl groups excluding tert-OH is 1. The number of hydrogen-bond acceptors (Lipinski definition) is 5. The fourth-order valence-electron chi connectivity index (χ4n) is 7.31. The van der Waals surface area contributed by atoms with Crippen LogP contribution in [-0.4, -0.2) is 35.9 Å². The van der Waals surface area contributed by atoms with E-state index in [9.17, 15) is 19.5 Å². The van der Waals surface area contributed by atoms with Gasteiger partial charge in [0.2, 0.25) is 0 Å². The van der Waals surface area contributed by atoms with Crippen molar-refractivity contribution in [1.82, 2.24) is 0 Å². The summed E-state index contributed by atoms with van der Waals surface area (Å²) >= 11 is 0. The molecule has 5 heteroatoms. The van der Waals surface area contributed by atoms with E-state index in [1.807, 2.05) is 0 Å². The summed E-state index contributed by atoms with van der Waals surface area (Å²) in [6.45, 7) is 7.58. The number of hydrogen-bond donors (Lipinski definition) is 1. The van der Waals surface area contributed by atoms with Gasteiger partial charge in [0.25, 0.3) is 0 Å². The minimum Gasteiger partial charge on any atom is -0.458 e. The summed E-state index contributed by atoms with van der Waals surface area (Å²) in [6, 6.07) is 0. The van der Waals surface area contributed by atoms with Crippen molar-refractivity contribution in [2.24, 2.45) is 40.4 Å². The maximum atomic E-state index is 13.1. The number of ketones is 2. The quantitative estimate of drug-likeness (QED) is 0.716. The standard InChI is InChI=1S/C25H32O5/c1-14-9-18-19(24(3)7-5-17(28)11-20(14)24)6-8-25(4)21(18)10-16(12-26)23(25)22(29)13-30-15(2)27/h5,7,9,11,16,18-19,21,23,26H,6,8,10,12-13H2,1-4H3/t16-,18+,19-,21-,23+,24+,25-/m0/s1. The van der Waals surface area contributed by atoms with E-state index in [0.717, 1.165) is 30.4 Å². The summed E-state index contributed by atoms with van der Waals surface area (Å²) in [5, 5.41) is 10.1. The van der Waals surface area contributed by atoms with Gasteiger partial charge in [-0.05, 0) is 73.0 Å². The highest BCUT2D eigenvalue weighted by Crippen LogP contribution is 2.66. The zero-order valence-electron chi connectivity index (χ0n) is 18.3. The van der Waals surface area contributed by atoms with Crippen LogP contribution in [0.4, 0.5) is 0 Å². The number of carbonyl (C=O) groups excluding carboxylic acids is 3. The molecule has 30 heavy (non-hydrogen) atoms. The summed E-state index contributed by atoms with van der Waals surface area (Å²) in [7, 11) is 0. The average Bonchev–Trinajstić information content (AvgIpc) is 3.00. The topological polar surface area (TPSA) is 80.7 Å². The first-order valence-corrected chi connectivity index (χ1v) is 11.0. The first-order valence-electron chi connectivity index (χ1n) is 11.0. The van der Waals surface area contributed by atoms with Gasteiger partial charge in [0.15, 0.2) is 11.6 Å². The molecule has 4 aliphatic rings. The molecular weight excluding hydrogens is 380 g/mol. The molecule has 0 aromatic heterocycles. The van der Waals surface area contributed by atoms with Gasteiger partial charge in [0.1, 0.15) is 6.61 Å². The Bertz CT molecular complexity index is 880. The fourth-order valence-corrected chi connectivity index (χ4v) is 7.31. The Kier molecular flexibility index (Phi) is 5.16. The summed E-state index contributed by atoms with van der Waals surface area (Å²) in [4.78, 5) is 36.3. The maximum Gasteiger partial charge on any atom is 0.303 e. The first kappa shape index (κ1) is 21.2. The lowest BCUT2D eigenvalue weighted by molar-refractivity contribution is -0.149. The van der Waals surface area contributed by atoms with E-state index in [1.54, 1.807) is 12.2 Å². The van der Waals surface area contributed by atoms with Crippen LogP contribution < -0.4 is 0 Å². The van der Waals surface area contributed by atoms with E-state index in [1.165, 1.54) is 6.92 Å². The molecule has 0 spiro atoms. The molecular formula is C25H32O5.